The topological polar surface area (TPSA) is 55.8 Å². The molecule has 146 valence electrons. The molecule has 0 aromatic carbocycles. The highest BCUT2D eigenvalue weighted by Gasteiger charge is 2.67. The Morgan fingerprint density at radius 2 is 2.19 bits per heavy atom. The van der Waals surface area contributed by atoms with E-state index in [-0.39, 0.29) is 40.1 Å². The standard InChI is InChI=1S/C21H31ClO4/c1-12(2)7-6-10-20(3)14-9-8-13(18(23)25-5)17-19(24)26-16(11-15(20)22)21(14,17)4/h8,14-17,19,24H,1,6-7,9-11H2,2-5H3/t14-,15-,16-,17-,19+,20-,21+/m0/s1. The van der Waals surface area contributed by atoms with Crippen molar-refractivity contribution in [2.45, 2.75) is 70.6 Å². The van der Waals surface area contributed by atoms with Crippen LogP contribution in [0.5, 0.6) is 0 Å². The van der Waals surface area contributed by atoms with E-state index in [0.29, 0.717) is 12.0 Å². The van der Waals surface area contributed by atoms with E-state index in [2.05, 4.69) is 27.4 Å². The van der Waals surface area contributed by atoms with Gasteiger partial charge in [-0.05, 0) is 50.4 Å². The average molecular weight is 383 g/mol. The van der Waals surface area contributed by atoms with E-state index in [4.69, 9.17) is 21.1 Å². The van der Waals surface area contributed by atoms with Crippen LogP contribution in [0.15, 0.2) is 23.8 Å². The van der Waals surface area contributed by atoms with Crippen molar-refractivity contribution in [1.29, 1.82) is 0 Å². The fourth-order valence-corrected chi connectivity index (χ4v) is 6.27. The van der Waals surface area contributed by atoms with Gasteiger partial charge < -0.3 is 14.6 Å². The Morgan fingerprint density at radius 1 is 1.50 bits per heavy atom. The predicted octanol–water partition coefficient (Wildman–Crippen LogP) is 4.21. The first kappa shape index (κ1) is 19.9. The molecule has 1 heterocycles. The van der Waals surface area contributed by atoms with E-state index in [9.17, 15) is 9.90 Å². The molecule has 1 aliphatic heterocycles. The summed E-state index contributed by atoms with van der Waals surface area (Å²) in [5.41, 5.74) is 1.35. The number of halogens is 1. The van der Waals surface area contributed by atoms with E-state index in [0.717, 1.165) is 25.7 Å². The zero-order chi connectivity index (χ0) is 19.3. The highest BCUT2D eigenvalue weighted by atomic mass is 35.5. The molecule has 0 radical (unpaired) electrons. The quantitative estimate of drug-likeness (QED) is 0.439. The second kappa shape index (κ2) is 6.96. The van der Waals surface area contributed by atoms with Gasteiger partial charge in [-0.25, -0.2) is 4.79 Å². The van der Waals surface area contributed by atoms with Gasteiger partial charge in [-0.3, -0.25) is 0 Å². The van der Waals surface area contributed by atoms with Gasteiger partial charge in [0, 0.05) is 22.3 Å². The second-order valence-corrected chi connectivity index (χ2v) is 9.34. The smallest absolute Gasteiger partial charge is 0.333 e. The molecule has 5 heteroatoms. The van der Waals surface area contributed by atoms with Crippen molar-refractivity contribution in [3.8, 4) is 0 Å². The second-order valence-electron chi connectivity index (χ2n) is 8.82. The lowest BCUT2D eigenvalue weighted by molar-refractivity contribution is -0.140. The molecule has 0 amide bonds. The zero-order valence-electron chi connectivity index (χ0n) is 16.3. The van der Waals surface area contributed by atoms with Crippen molar-refractivity contribution < 1.29 is 19.4 Å². The van der Waals surface area contributed by atoms with E-state index >= 15 is 0 Å². The summed E-state index contributed by atoms with van der Waals surface area (Å²) in [4.78, 5) is 12.3. The van der Waals surface area contributed by atoms with Crippen molar-refractivity contribution in [3.05, 3.63) is 23.8 Å². The van der Waals surface area contributed by atoms with Crippen LogP contribution in [0, 0.1) is 22.7 Å². The molecule has 2 fully saturated rings. The number of allylic oxidation sites excluding steroid dienone is 2. The van der Waals surface area contributed by atoms with Crippen molar-refractivity contribution >= 4 is 17.6 Å². The van der Waals surface area contributed by atoms with Crippen LogP contribution in [0.2, 0.25) is 0 Å². The van der Waals surface area contributed by atoms with E-state index in [1.807, 2.05) is 6.08 Å². The van der Waals surface area contributed by atoms with Crippen LogP contribution in [-0.2, 0) is 14.3 Å². The number of hydrogen-bond acceptors (Lipinski definition) is 4. The Morgan fingerprint density at radius 3 is 2.81 bits per heavy atom. The summed E-state index contributed by atoms with van der Waals surface area (Å²) in [6, 6.07) is 0. The number of aliphatic hydroxyl groups is 1. The third-order valence-electron chi connectivity index (χ3n) is 7.28. The van der Waals surface area contributed by atoms with Crippen molar-refractivity contribution in [2.24, 2.45) is 22.7 Å². The van der Waals surface area contributed by atoms with Gasteiger partial charge >= 0.3 is 5.97 Å². The summed E-state index contributed by atoms with van der Waals surface area (Å²) in [7, 11) is 1.38. The number of rotatable bonds is 5. The number of alkyl halides is 1. The van der Waals surface area contributed by atoms with E-state index in [1.165, 1.54) is 12.7 Å². The molecule has 1 N–H and O–H groups in total. The Balaban J connectivity index is 1.98. The molecule has 0 bridgehead atoms. The van der Waals surface area contributed by atoms with Crippen LogP contribution < -0.4 is 0 Å². The van der Waals surface area contributed by atoms with Gasteiger partial charge in [0.05, 0.1) is 13.2 Å². The molecule has 2 aliphatic carbocycles. The minimum Gasteiger partial charge on any atom is -0.466 e. The first-order valence-electron chi connectivity index (χ1n) is 9.56. The first-order chi connectivity index (χ1) is 12.2. The Hall–Kier alpha value is -0.840. The SMILES string of the molecule is C=C(C)CCC[C@]1(C)[C@@H](Cl)C[C@@H]2O[C@@H](O)[C@@H]3C(C(=O)OC)=CC[C@@H]1[C@]23C. The van der Waals surface area contributed by atoms with Crippen LogP contribution in [0.25, 0.3) is 0 Å². The fourth-order valence-electron chi connectivity index (χ4n) is 5.85. The van der Waals surface area contributed by atoms with E-state index in [1.54, 1.807) is 0 Å². The highest BCUT2D eigenvalue weighted by Crippen LogP contribution is 2.66. The normalized spacial score (nSPS) is 44.2. The molecule has 3 rings (SSSR count). The van der Waals surface area contributed by atoms with Gasteiger partial charge in [-0.2, -0.15) is 0 Å². The number of methoxy groups -OCH3 is 1. The first-order valence-corrected chi connectivity index (χ1v) is 10.00. The number of carbonyl (C=O) groups excluding carboxylic acids is 1. The van der Waals surface area contributed by atoms with Crippen molar-refractivity contribution in [1.82, 2.24) is 0 Å². The van der Waals surface area contributed by atoms with Crippen molar-refractivity contribution in [3.63, 3.8) is 0 Å². The largest absolute Gasteiger partial charge is 0.466 e. The molecule has 0 aromatic rings. The summed E-state index contributed by atoms with van der Waals surface area (Å²) < 4.78 is 10.9. The Kier molecular flexibility index (Phi) is 5.33. The lowest BCUT2D eigenvalue weighted by atomic mass is 9.47. The number of hydrogen-bond donors (Lipinski definition) is 1. The average Bonchev–Trinajstić information content (AvgIpc) is 2.83. The number of aliphatic hydroxyl groups excluding tert-OH is 1. The molecule has 3 aliphatic rings. The Labute approximate surface area is 161 Å². The predicted molar refractivity (Wildman–Crippen MR) is 102 cm³/mol. The van der Waals surface area contributed by atoms with Gasteiger partial charge in [0.15, 0.2) is 6.29 Å². The third-order valence-corrected chi connectivity index (χ3v) is 7.96. The third kappa shape index (κ3) is 2.85. The maximum absolute atomic E-state index is 12.3. The van der Waals surface area contributed by atoms with Gasteiger partial charge in [0.25, 0.3) is 0 Å². The molecule has 0 aromatic heterocycles. The molecule has 26 heavy (non-hydrogen) atoms. The van der Waals surface area contributed by atoms with E-state index < -0.39 is 6.29 Å². The highest BCUT2D eigenvalue weighted by molar-refractivity contribution is 6.21. The fraction of sp³-hybridized carbons (Fsp3) is 0.762. The lowest BCUT2D eigenvalue weighted by Gasteiger charge is -2.58. The van der Waals surface area contributed by atoms with Crippen LogP contribution in [0.3, 0.4) is 0 Å². The van der Waals surface area contributed by atoms with Crippen molar-refractivity contribution in [2.75, 3.05) is 7.11 Å². The summed E-state index contributed by atoms with van der Waals surface area (Å²) in [5.74, 6) is -0.477. The minimum atomic E-state index is -0.986. The maximum Gasteiger partial charge on any atom is 0.333 e. The number of esters is 1. The molecular weight excluding hydrogens is 352 g/mol. The summed E-state index contributed by atoms with van der Waals surface area (Å²) in [6.45, 7) is 10.5. The Bertz CT molecular complexity index is 630. The minimum absolute atomic E-state index is 0.0188. The number of carbonyl (C=O) groups is 1. The summed E-state index contributed by atoms with van der Waals surface area (Å²) in [5, 5.41) is 10.6. The van der Waals surface area contributed by atoms with Gasteiger partial charge in [-0.15, -0.1) is 18.2 Å². The van der Waals surface area contributed by atoms with Crippen LogP contribution >= 0.6 is 11.6 Å². The zero-order valence-corrected chi connectivity index (χ0v) is 17.0. The van der Waals surface area contributed by atoms with Crippen LogP contribution in [0.1, 0.15) is 52.9 Å². The van der Waals surface area contributed by atoms with Crippen LogP contribution in [0.4, 0.5) is 0 Å². The summed E-state index contributed by atoms with van der Waals surface area (Å²) in [6.07, 6.45) is 5.33. The van der Waals surface area contributed by atoms with Gasteiger partial charge in [0.2, 0.25) is 0 Å². The lowest BCUT2D eigenvalue weighted by Crippen LogP contribution is -2.58. The molecule has 1 saturated heterocycles. The molecule has 0 unspecified atom stereocenters. The van der Waals surface area contributed by atoms with Gasteiger partial charge in [0.1, 0.15) is 0 Å². The number of ether oxygens (including phenoxy) is 2. The molecule has 7 atom stereocenters. The molecular formula is C21H31ClO4. The molecule has 0 spiro atoms. The van der Waals surface area contributed by atoms with Crippen LogP contribution in [-0.4, -0.2) is 36.0 Å². The monoisotopic (exact) mass is 382 g/mol. The van der Waals surface area contributed by atoms with Gasteiger partial charge in [-0.1, -0.05) is 25.5 Å². The summed E-state index contributed by atoms with van der Waals surface area (Å²) >= 11 is 6.89. The molecule has 1 saturated carbocycles. The molecule has 4 nitrogen and oxygen atoms in total. The maximum atomic E-state index is 12.3.